The van der Waals surface area contributed by atoms with Crippen LogP contribution in [0.2, 0.25) is 0 Å². The van der Waals surface area contributed by atoms with E-state index in [1.165, 1.54) is 6.07 Å². The fraction of sp³-hybridized carbons (Fsp3) is 0. The van der Waals surface area contributed by atoms with Crippen molar-refractivity contribution < 1.29 is 25.9 Å². The molecule has 0 fully saturated rings. The summed E-state index contributed by atoms with van der Waals surface area (Å²) in [6, 6.07) is 14.5. The zero-order valence-electron chi connectivity index (χ0n) is 13.0. The van der Waals surface area contributed by atoms with E-state index in [0.29, 0.717) is 11.1 Å². The molecule has 0 aliphatic carbocycles. The van der Waals surface area contributed by atoms with Crippen molar-refractivity contribution in [3.05, 3.63) is 60.7 Å². The van der Waals surface area contributed by atoms with E-state index in [9.17, 15) is 21.4 Å². The normalized spacial score (nSPS) is 12.7. The number of rotatable bonds is 4. The van der Waals surface area contributed by atoms with Gasteiger partial charge in [0.1, 0.15) is 0 Å². The molecule has 0 aliphatic rings. The zero-order valence-corrected chi connectivity index (χ0v) is 14.6. The smallest absolute Gasteiger partial charge is 0.282 e. The first-order valence-corrected chi connectivity index (χ1v) is 10.0. The molecule has 3 rings (SSSR count). The minimum Gasteiger partial charge on any atom is -0.282 e. The molecule has 0 heterocycles. The first-order chi connectivity index (χ1) is 12.1. The molecule has 0 radical (unpaired) electrons. The van der Waals surface area contributed by atoms with Crippen molar-refractivity contribution in [3.63, 3.8) is 0 Å². The Morgan fingerprint density at radius 3 is 1.92 bits per heavy atom. The maximum atomic E-state index is 11.5. The van der Waals surface area contributed by atoms with E-state index in [2.05, 4.69) is 10.2 Å². The predicted molar refractivity (Wildman–Crippen MR) is 94.2 cm³/mol. The highest BCUT2D eigenvalue weighted by Crippen LogP contribution is 2.32. The molecule has 26 heavy (non-hydrogen) atoms. The van der Waals surface area contributed by atoms with Gasteiger partial charge < -0.3 is 0 Å². The summed E-state index contributed by atoms with van der Waals surface area (Å²) in [5.41, 5.74) is 0.633. The third kappa shape index (κ3) is 3.94. The van der Waals surface area contributed by atoms with Crippen molar-refractivity contribution in [3.8, 4) is 0 Å². The van der Waals surface area contributed by atoms with E-state index >= 15 is 0 Å². The lowest BCUT2D eigenvalue weighted by Crippen LogP contribution is -2.00. The van der Waals surface area contributed by atoms with Crippen molar-refractivity contribution in [1.82, 2.24) is 0 Å². The van der Waals surface area contributed by atoms with Crippen molar-refractivity contribution in [2.75, 3.05) is 0 Å². The van der Waals surface area contributed by atoms with E-state index in [1.54, 1.807) is 30.3 Å². The second kappa shape index (κ2) is 6.57. The Morgan fingerprint density at radius 1 is 0.692 bits per heavy atom. The van der Waals surface area contributed by atoms with Crippen LogP contribution in [0.3, 0.4) is 0 Å². The van der Waals surface area contributed by atoms with E-state index in [1.807, 2.05) is 0 Å². The first-order valence-electron chi connectivity index (χ1n) is 7.14. The van der Waals surface area contributed by atoms with Crippen LogP contribution in [0.25, 0.3) is 10.8 Å². The van der Waals surface area contributed by atoms with Gasteiger partial charge in [-0.3, -0.25) is 9.11 Å². The molecule has 0 saturated carbocycles. The minimum absolute atomic E-state index is 0.112. The predicted octanol–water partition coefficient (Wildman–Crippen LogP) is 3.75. The molecular weight excluding hydrogens is 380 g/mol. The van der Waals surface area contributed by atoms with Crippen molar-refractivity contribution in [2.24, 2.45) is 10.2 Å². The summed E-state index contributed by atoms with van der Waals surface area (Å²) in [6.45, 7) is 0. The molecule has 0 atom stereocenters. The number of azo groups is 1. The Kier molecular flexibility index (Phi) is 4.59. The summed E-state index contributed by atoms with van der Waals surface area (Å²) in [7, 11) is -9.04. The number of benzene rings is 3. The Hall–Kier alpha value is -2.66. The van der Waals surface area contributed by atoms with E-state index in [-0.39, 0.29) is 11.1 Å². The minimum atomic E-state index is -4.56. The summed E-state index contributed by atoms with van der Waals surface area (Å²) >= 11 is 0. The lowest BCUT2D eigenvalue weighted by atomic mass is 10.1. The average molecular weight is 392 g/mol. The molecule has 3 aromatic rings. The molecular formula is C16H12N2O6S2. The van der Waals surface area contributed by atoms with E-state index in [4.69, 9.17) is 4.55 Å². The summed E-state index contributed by atoms with van der Waals surface area (Å²) in [4.78, 5) is -0.886. The molecule has 0 bridgehead atoms. The lowest BCUT2D eigenvalue weighted by Gasteiger charge is -2.06. The number of fused-ring (bicyclic) bond motifs is 1. The molecule has 2 N–H and O–H groups in total. The Balaban J connectivity index is 2.25. The number of hydrogen-bond acceptors (Lipinski definition) is 6. The highest BCUT2D eigenvalue weighted by Gasteiger charge is 2.16. The monoisotopic (exact) mass is 392 g/mol. The summed E-state index contributed by atoms with van der Waals surface area (Å²) in [6.07, 6.45) is 0. The summed E-state index contributed by atoms with van der Waals surface area (Å²) in [5, 5.41) is 8.55. The summed E-state index contributed by atoms with van der Waals surface area (Å²) < 4.78 is 64.1. The molecule has 0 spiro atoms. The van der Waals surface area contributed by atoms with Crippen LogP contribution in [-0.4, -0.2) is 25.9 Å². The van der Waals surface area contributed by atoms with Crippen LogP contribution in [0.4, 0.5) is 11.4 Å². The second-order valence-electron chi connectivity index (χ2n) is 5.31. The SMILES string of the molecule is O=S(=O)(O)c1ccc2c(N=Nc3ccccc3)cc(S(=O)(=O)O)cc2c1. The fourth-order valence-corrected chi connectivity index (χ4v) is 3.35. The largest absolute Gasteiger partial charge is 0.294 e. The highest BCUT2D eigenvalue weighted by atomic mass is 32.2. The summed E-state index contributed by atoms with van der Waals surface area (Å²) in [5.74, 6) is 0. The van der Waals surface area contributed by atoms with Gasteiger partial charge in [-0.05, 0) is 41.8 Å². The third-order valence-electron chi connectivity index (χ3n) is 3.50. The maximum absolute atomic E-state index is 11.5. The van der Waals surface area contributed by atoms with Gasteiger partial charge in [0.15, 0.2) is 0 Å². The van der Waals surface area contributed by atoms with Crippen molar-refractivity contribution >= 4 is 42.4 Å². The average Bonchev–Trinajstić information content (AvgIpc) is 2.58. The van der Waals surface area contributed by atoms with Crippen LogP contribution in [0, 0.1) is 0 Å². The van der Waals surface area contributed by atoms with Crippen LogP contribution in [0.15, 0.2) is 80.7 Å². The molecule has 10 heteroatoms. The Labute approximate surface area is 149 Å². The van der Waals surface area contributed by atoms with Crippen LogP contribution >= 0.6 is 0 Å². The van der Waals surface area contributed by atoms with Gasteiger partial charge in [-0.15, -0.1) is 5.11 Å². The van der Waals surface area contributed by atoms with Gasteiger partial charge in [0, 0.05) is 5.39 Å². The van der Waals surface area contributed by atoms with Gasteiger partial charge in [-0.1, -0.05) is 24.3 Å². The molecule has 0 saturated heterocycles. The number of nitrogens with zero attached hydrogens (tertiary/aromatic N) is 2. The molecule has 134 valence electrons. The molecule has 0 amide bonds. The number of hydrogen-bond donors (Lipinski definition) is 2. The molecule has 3 aromatic carbocycles. The van der Waals surface area contributed by atoms with E-state index < -0.39 is 30.0 Å². The fourth-order valence-electron chi connectivity index (χ4n) is 2.30. The molecule has 0 aliphatic heterocycles. The zero-order chi connectivity index (χ0) is 18.9. The van der Waals surface area contributed by atoms with Gasteiger partial charge in [0.05, 0.1) is 21.2 Å². The van der Waals surface area contributed by atoms with Gasteiger partial charge >= 0.3 is 0 Å². The maximum Gasteiger partial charge on any atom is 0.294 e. The Morgan fingerprint density at radius 2 is 1.31 bits per heavy atom. The second-order valence-corrected chi connectivity index (χ2v) is 8.15. The Bertz CT molecular complexity index is 1220. The van der Waals surface area contributed by atoms with Crippen LogP contribution < -0.4 is 0 Å². The van der Waals surface area contributed by atoms with Crippen molar-refractivity contribution in [1.29, 1.82) is 0 Å². The molecule has 0 unspecified atom stereocenters. The lowest BCUT2D eigenvalue weighted by molar-refractivity contribution is 0.481. The van der Waals surface area contributed by atoms with Gasteiger partial charge in [-0.25, -0.2) is 0 Å². The van der Waals surface area contributed by atoms with Gasteiger partial charge in [-0.2, -0.15) is 21.9 Å². The molecule has 0 aromatic heterocycles. The van der Waals surface area contributed by atoms with E-state index in [0.717, 1.165) is 24.3 Å². The quantitative estimate of drug-likeness (QED) is 0.513. The van der Waals surface area contributed by atoms with Crippen LogP contribution in [-0.2, 0) is 20.2 Å². The van der Waals surface area contributed by atoms with Crippen molar-refractivity contribution in [2.45, 2.75) is 9.79 Å². The topological polar surface area (TPSA) is 133 Å². The first kappa shape index (κ1) is 18.1. The van der Waals surface area contributed by atoms with Crippen LogP contribution in [0.5, 0.6) is 0 Å². The third-order valence-corrected chi connectivity index (χ3v) is 5.18. The molecule has 8 nitrogen and oxygen atoms in total. The van der Waals surface area contributed by atoms with Gasteiger partial charge in [0.2, 0.25) is 0 Å². The van der Waals surface area contributed by atoms with Gasteiger partial charge in [0.25, 0.3) is 20.2 Å². The highest BCUT2D eigenvalue weighted by molar-refractivity contribution is 7.86. The standard InChI is InChI=1S/C16H12N2O6S2/c19-25(20,21)13-6-7-15-11(8-13)9-14(26(22,23)24)10-16(15)18-17-12-4-2-1-3-5-12/h1-10H,(H,19,20,21)(H,22,23,24). The van der Waals surface area contributed by atoms with Crippen LogP contribution in [0.1, 0.15) is 0 Å².